The van der Waals surface area contributed by atoms with E-state index in [0.29, 0.717) is 11.6 Å². The number of rotatable bonds is 3. The van der Waals surface area contributed by atoms with E-state index in [4.69, 9.17) is 11.6 Å². The predicted octanol–water partition coefficient (Wildman–Crippen LogP) is 4.98. The Balaban J connectivity index is 1.62. The lowest BCUT2D eigenvalue weighted by atomic mass is 9.76. The summed E-state index contributed by atoms with van der Waals surface area (Å²) in [7, 11) is 0. The maximum absolute atomic E-state index is 13.1. The molecule has 0 atom stereocenters. The van der Waals surface area contributed by atoms with Crippen molar-refractivity contribution in [3.63, 3.8) is 0 Å². The van der Waals surface area contributed by atoms with Gasteiger partial charge in [0.1, 0.15) is 11.6 Å². The fourth-order valence-electron chi connectivity index (χ4n) is 2.67. The molecule has 1 fully saturated rings. The van der Waals surface area contributed by atoms with E-state index < -0.39 is 11.6 Å². The lowest BCUT2D eigenvalue weighted by molar-refractivity contribution is 0.374. The number of anilines is 1. The number of hydrogen-bond acceptors (Lipinski definition) is 1. The van der Waals surface area contributed by atoms with Crippen molar-refractivity contribution in [3.8, 4) is 0 Å². The van der Waals surface area contributed by atoms with Crippen LogP contribution in [0.1, 0.15) is 24.3 Å². The molecule has 20 heavy (non-hydrogen) atoms. The molecule has 0 spiro atoms. The van der Waals surface area contributed by atoms with Crippen molar-refractivity contribution in [1.82, 2.24) is 0 Å². The first-order chi connectivity index (χ1) is 9.61. The Bertz CT molecular complexity index is 603. The molecule has 0 amide bonds. The van der Waals surface area contributed by atoms with Crippen LogP contribution in [0.25, 0.3) is 0 Å². The standard InChI is InChI=1S/C16H14ClF2N/c17-16-4-2-1-3-15(16)10-5-13(6-10)20-14-8-11(18)7-12(19)9-14/h1-4,7-10,13,20H,5-6H2. The fourth-order valence-corrected chi connectivity index (χ4v) is 2.96. The molecule has 0 bridgehead atoms. The SMILES string of the molecule is Fc1cc(F)cc(NC2CC(c3ccccc3Cl)C2)c1. The highest BCUT2D eigenvalue weighted by Gasteiger charge is 2.31. The second-order valence-corrected chi connectivity index (χ2v) is 5.60. The highest BCUT2D eigenvalue weighted by molar-refractivity contribution is 6.31. The van der Waals surface area contributed by atoms with Gasteiger partial charge in [-0.2, -0.15) is 0 Å². The van der Waals surface area contributed by atoms with Crippen LogP contribution in [0.2, 0.25) is 5.02 Å². The maximum atomic E-state index is 13.1. The third-order valence-corrected chi connectivity index (χ3v) is 4.06. The summed E-state index contributed by atoms with van der Waals surface area (Å²) in [6, 6.07) is 11.5. The van der Waals surface area contributed by atoms with Crippen LogP contribution in [-0.2, 0) is 0 Å². The molecule has 2 aromatic carbocycles. The van der Waals surface area contributed by atoms with E-state index in [1.54, 1.807) is 0 Å². The normalized spacial score (nSPS) is 21.4. The van der Waals surface area contributed by atoms with E-state index >= 15 is 0 Å². The average Bonchev–Trinajstić information content (AvgIpc) is 2.33. The van der Waals surface area contributed by atoms with Gasteiger partial charge in [-0.1, -0.05) is 29.8 Å². The molecule has 0 aliphatic heterocycles. The Morgan fingerprint density at radius 1 is 1.00 bits per heavy atom. The summed E-state index contributed by atoms with van der Waals surface area (Å²) in [6.07, 6.45) is 1.84. The van der Waals surface area contributed by atoms with Crippen molar-refractivity contribution < 1.29 is 8.78 Å². The van der Waals surface area contributed by atoms with Crippen molar-refractivity contribution in [2.24, 2.45) is 0 Å². The molecule has 0 aromatic heterocycles. The quantitative estimate of drug-likeness (QED) is 0.842. The van der Waals surface area contributed by atoms with E-state index in [-0.39, 0.29) is 6.04 Å². The molecule has 0 saturated heterocycles. The van der Waals surface area contributed by atoms with Crippen LogP contribution in [0.5, 0.6) is 0 Å². The summed E-state index contributed by atoms with van der Waals surface area (Å²) in [4.78, 5) is 0. The highest BCUT2D eigenvalue weighted by atomic mass is 35.5. The molecule has 3 rings (SSSR count). The number of nitrogens with one attached hydrogen (secondary N) is 1. The van der Waals surface area contributed by atoms with Gasteiger partial charge in [-0.05, 0) is 42.5 Å². The molecule has 1 nitrogen and oxygen atoms in total. The zero-order valence-corrected chi connectivity index (χ0v) is 11.5. The smallest absolute Gasteiger partial charge is 0.128 e. The predicted molar refractivity (Wildman–Crippen MR) is 77.2 cm³/mol. The summed E-state index contributed by atoms with van der Waals surface area (Å²) in [5, 5.41) is 3.94. The van der Waals surface area contributed by atoms with E-state index in [1.807, 2.05) is 24.3 Å². The monoisotopic (exact) mass is 293 g/mol. The zero-order chi connectivity index (χ0) is 14.1. The van der Waals surface area contributed by atoms with Gasteiger partial charge in [0.2, 0.25) is 0 Å². The van der Waals surface area contributed by atoms with Crippen LogP contribution in [0.15, 0.2) is 42.5 Å². The van der Waals surface area contributed by atoms with E-state index in [9.17, 15) is 8.78 Å². The zero-order valence-electron chi connectivity index (χ0n) is 10.7. The van der Waals surface area contributed by atoms with E-state index in [1.165, 1.54) is 12.1 Å². The summed E-state index contributed by atoms with van der Waals surface area (Å²) in [5.41, 5.74) is 1.64. The molecule has 104 valence electrons. The molecule has 2 aromatic rings. The molecule has 0 unspecified atom stereocenters. The topological polar surface area (TPSA) is 12.0 Å². The second-order valence-electron chi connectivity index (χ2n) is 5.19. The third-order valence-electron chi connectivity index (χ3n) is 3.72. The van der Waals surface area contributed by atoms with Crippen molar-refractivity contribution in [3.05, 3.63) is 64.7 Å². The molecule has 0 heterocycles. The Kier molecular flexibility index (Phi) is 3.62. The van der Waals surface area contributed by atoms with Crippen LogP contribution < -0.4 is 5.32 Å². The van der Waals surface area contributed by atoms with Gasteiger partial charge in [0.15, 0.2) is 0 Å². The Morgan fingerprint density at radius 3 is 2.30 bits per heavy atom. The van der Waals surface area contributed by atoms with Crippen molar-refractivity contribution in [2.45, 2.75) is 24.8 Å². The lowest BCUT2D eigenvalue weighted by Crippen LogP contribution is -2.34. The molecule has 1 saturated carbocycles. The number of benzene rings is 2. The minimum atomic E-state index is -0.561. The first-order valence-electron chi connectivity index (χ1n) is 6.59. The largest absolute Gasteiger partial charge is 0.382 e. The van der Waals surface area contributed by atoms with Crippen LogP contribution >= 0.6 is 11.6 Å². The molecule has 4 heteroatoms. The van der Waals surface area contributed by atoms with Gasteiger partial charge >= 0.3 is 0 Å². The van der Waals surface area contributed by atoms with Crippen molar-refractivity contribution in [1.29, 1.82) is 0 Å². The van der Waals surface area contributed by atoms with Gasteiger partial charge in [-0.3, -0.25) is 0 Å². The number of hydrogen-bond donors (Lipinski definition) is 1. The Hall–Kier alpha value is -1.61. The molecule has 1 N–H and O–H groups in total. The van der Waals surface area contributed by atoms with E-state index in [2.05, 4.69) is 5.32 Å². The molecule has 1 aliphatic carbocycles. The Labute approximate surface area is 121 Å². The molecular weight excluding hydrogens is 280 g/mol. The summed E-state index contributed by atoms with van der Waals surface area (Å²) >= 11 is 6.16. The van der Waals surface area contributed by atoms with Crippen molar-refractivity contribution >= 4 is 17.3 Å². The summed E-state index contributed by atoms with van der Waals surface area (Å²) < 4.78 is 26.2. The van der Waals surface area contributed by atoms with Gasteiger partial charge < -0.3 is 5.32 Å². The molecular formula is C16H14ClF2N. The van der Waals surface area contributed by atoms with Gasteiger partial charge in [-0.15, -0.1) is 0 Å². The number of halogens is 3. The van der Waals surface area contributed by atoms with Crippen molar-refractivity contribution in [2.75, 3.05) is 5.32 Å². The maximum Gasteiger partial charge on any atom is 0.128 e. The minimum Gasteiger partial charge on any atom is -0.382 e. The summed E-state index contributed by atoms with van der Waals surface area (Å²) in [6.45, 7) is 0. The third kappa shape index (κ3) is 2.78. The van der Waals surface area contributed by atoms with Gasteiger partial charge in [0.25, 0.3) is 0 Å². The lowest BCUT2D eigenvalue weighted by Gasteiger charge is -2.37. The average molecular weight is 294 g/mol. The first kappa shape index (κ1) is 13.4. The van der Waals surface area contributed by atoms with Crippen LogP contribution in [0.4, 0.5) is 14.5 Å². The minimum absolute atomic E-state index is 0.234. The summed E-state index contributed by atoms with van der Waals surface area (Å²) in [5.74, 6) is -0.705. The Morgan fingerprint density at radius 2 is 1.65 bits per heavy atom. The van der Waals surface area contributed by atoms with E-state index in [0.717, 1.165) is 29.5 Å². The molecule has 1 aliphatic rings. The fraction of sp³-hybridized carbons (Fsp3) is 0.250. The van der Waals surface area contributed by atoms with Gasteiger partial charge in [-0.25, -0.2) is 8.78 Å². The van der Waals surface area contributed by atoms with Gasteiger partial charge in [0, 0.05) is 22.8 Å². The first-order valence-corrected chi connectivity index (χ1v) is 6.96. The van der Waals surface area contributed by atoms with Crippen LogP contribution in [-0.4, -0.2) is 6.04 Å². The molecule has 0 radical (unpaired) electrons. The van der Waals surface area contributed by atoms with Crippen LogP contribution in [0, 0.1) is 11.6 Å². The van der Waals surface area contributed by atoms with Crippen LogP contribution in [0.3, 0.4) is 0 Å². The highest BCUT2D eigenvalue weighted by Crippen LogP contribution is 2.41. The van der Waals surface area contributed by atoms with Gasteiger partial charge in [0.05, 0.1) is 0 Å². The second kappa shape index (κ2) is 5.41.